The molecule has 146 valence electrons. The fourth-order valence-electron chi connectivity index (χ4n) is 9.01. The van der Waals surface area contributed by atoms with E-state index in [0.29, 0.717) is 24.2 Å². The zero-order chi connectivity index (χ0) is 18.6. The number of hydrogen-bond donors (Lipinski definition) is 1. The van der Waals surface area contributed by atoms with Crippen molar-refractivity contribution in [1.82, 2.24) is 0 Å². The van der Waals surface area contributed by atoms with E-state index in [2.05, 4.69) is 25.1 Å². The van der Waals surface area contributed by atoms with E-state index in [9.17, 15) is 10.0 Å². The normalized spacial score (nSPS) is 56.8. The van der Waals surface area contributed by atoms with E-state index in [-0.39, 0.29) is 17.0 Å². The van der Waals surface area contributed by atoms with E-state index < -0.39 is 0 Å². The van der Waals surface area contributed by atoms with E-state index in [4.69, 9.17) is 4.74 Å². The molecule has 6 aliphatic rings. The van der Waals surface area contributed by atoms with Crippen LogP contribution in [0.25, 0.3) is 0 Å². The molecular weight excluding hydrogens is 338 g/mol. The molecule has 4 heteroatoms. The maximum absolute atomic E-state index is 12.1. The summed E-state index contributed by atoms with van der Waals surface area (Å²) in [5.74, 6) is 5.11. The molecule has 0 amide bonds. The number of ether oxygens (including phenoxy) is 1. The molecule has 5 aliphatic carbocycles. The number of esters is 1. The Hall–Kier alpha value is -1.32. The molecule has 6 rings (SSSR count). The van der Waals surface area contributed by atoms with Crippen LogP contribution in [0, 0.1) is 46.8 Å². The average Bonchev–Trinajstić information content (AvgIpc) is 3.30. The first kappa shape index (κ1) is 16.6. The molecule has 9 atom stereocenters. The summed E-state index contributed by atoms with van der Waals surface area (Å²) in [7, 11) is 0. The topological polar surface area (TPSA) is 58.9 Å². The molecule has 0 aromatic carbocycles. The van der Waals surface area contributed by atoms with Crippen molar-refractivity contribution in [1.29, 1.82) is 0 Å². The van der Waals surface area contributed by atoms with E-state index in [1.165, 1.54) is 19.3 Å². The number of carbonyl (C=O) groups is 1. The summed E-state index contributed by atoms with van der Waals surface area (Å²) >= 11 is 0. The quantitative estimate of drug-likeness (QED) is 0.387. The van der Waals surface area contributed by atoms with Gasteiger partial charge in [-0.25, -0.2) is 0 Å². The van der Waals surface area contributed by atoms with Gasteiger partial charge >= 0.3 is 5.97 Å². The summed E-state index contributed by atoms with van der Waals surface area (Å²) in [6.07, 6.45) is 10.8. The van der Waals surface area contributed by atoms with Crippen molar-refractivity contribution in [3.63, 3.8) is 0 Å². The van der Waals surface area contributed by atoms with Gasteiger partial charge < -0.3 is 9.94 Å². The van der Waals surface area contributed by atoms with Gasteiger partial charge in [-0.1, -0.05) is 24.6 Å². The molecule has 0 bridgehead atoms. The number of rotatable bonds is 0. The van der Waals surface area contributed by atoms with Crippen LogP contribution in [0.2, 0.25) is 0 Å². The van der Waals surface area contributed by atoms with E-state index in [1.807, 2.05) is 0 Å². The monoisotopic (exact) mass is 369 g/mol. The smallest absolute Gasteiger partial charge is 0.306 e. The second kappa shape index (κ2) is 5.18. The standard InChI is InChI=1S/C23H31NO3/c1-12-9-13-10-14(24-26)3-4-15(13)16-5-7-22(2)21(20(12)16)17-11-18(17)23(22)8-6-19(25)27-23/h10,12,15-18,20-21,26H,3-9,11H2,1-2H3/b24-14+/t12?,15-,16?,17?,18?,20?,21?,22-,23-/m0/s1. The summed E-state index contributed by atoms with van der Waals surface area (Å²) in [6, 6.07) is 0. The van der Waals surface area contributed by atoms with Crippen LogP contribution in [-0.2, 0) is 9.53 Å². The maximum atomic E-state index is 12.1. The molecule has 1 N–H and O–H groups in total. The number of carbonyl (C=O) groups excluding carboxylic acids is 1. The van der Waals surface area contributed by atoms with E-state index in [1.54, 1.807) is 5.57 Å². The van der Waals surface area contributed by atoms with Crippen molar-refractivity contribution in [2.75, 3.05) is 0 Å². The van der Waals surface area contributed by atoms with Gasteiger partial charge in [0.1, 0.15) is 5.60 Å². The molecule has 6 unspecified atom stereocenters. The summed E-state index contributed by atoms with van der Waals surface area (Å²) < 4.78 is 6.19. The van der Waals surface area contributed by atoms with Crippen LogP contribution in [0.5, 0.6) is 0 Å². The van der Waals surface area contributed by atoms with Gasteiger partial charge in [-0.15, -0.1) is 0 Å². The minimum atomic E-state index is -0.135. The van der Waals surface area contributed by atoms with Crippen LogP contribution >= 0.6 is 0 Å². The predicted molar refractivity (Wildman–Crippen MR) is 101 cm³/mol. The van der Waals surface area contributed by atoms with E-state index in [0.717, 1.165) is 55.1 Å². The first-order valence-electron chi connectivity index (χ1n) is 11.1. The van der Waals surface area contributed by atoms with Crippen molar-refractivity contribution in [3.05, 3.63) is 11.6 Å². The third-order valence-corrected chi connectivity index (χ3v) is 9.90. The van der Waals surface area contributed by atoms with Crippen LogP contribution in [0.15, 0.2) is 16.8 Å². The fraction of sp³-hybridized carbons (Fsp3) is 0.826. The van der Waals surface area contributed by atoms with E-state index >= 15 is 0 Å². The van der Waals surface area contributed by atoms with Crippen LogP contribution in [0.3, 0.4) is 0 Å². The van der Waals surface area contributed by atoms with Crippen LogP contribution < -0.4 is 0 Å². The lowest BCUT2D eigenvalue weighted by molar-refractivity contribution is -0.176. The summed E-state index contributed by atoms with van der Waals surface area (Å²) in [4.78, 5) is 12.1. The van der Waals surface area contributed by atoms with Crippen LogP contribution in [-0.4, -0.2) is 22.5 Å². The largest absolute Gasteiger partial charge is 0.458 e. The third-order valence-electron chi connectivity index (χ3n) is 9.90. The summed E-state index contributed by atoms with van der Waals surface area (Å²) in [5, 5.41) is 12.7. The first-order chi connectivity index (χ1) is 13.0. The first-order valence-corrected chi connectivity index (χ1v) is 11.1. The van der Waals surface area contributed by atoms with Gasteiger partial charge in [0, 0.05) is 17.8 Å². The zero-order valence-corrected chi connectivity index (χ0v) is 16.5. The summed E-state index contributed by atoms with van der Waals surface area (Å²) in [5.41, 5.74) is 2.46. The Bertz CT molecular complexity index is 772. The van der Waals surface area contributed by atoms with Crippen molar-refractivity contribution < 1.29 is 14.7 Å². The van der Waals surface area contributed by atoms with Gasteiger partial charge in [0.2, 0.25) is 0 Å². The Morgan fingerprint density at radius 2 is 2.07 bits per heavy atom. The second-order valence-electron chi connectivity index (χ2n) is 10.7. The Kier molecular flexibility index (Phi) is 3.19. The van der Waals surface area contributed by atoms with Gasteiger partial charge in [-0.2, -0.15) is 0 Å². The van der Waals surface area contributed by atoms with Crippen molar-refractivity contribution in [3.8, 4) is 0 Å². The Morgan fingerprint density at radius 1 is 1.22 bits per heavy atom. The maximum Gasteiger partial charge on any atom is 0.306 e. The van der Waals surface area contributed by atoms with Crippen molar-refractivity contribution in [2.45, 2.75) is 70.8 Å². The number of allylic oxidation sites excluding steroid dienone is 2. The highest BCUT2D eigenvalue weighted by Gasteiger charge is 2.78. The number of nitrogens with zero attached hydrogens (tertiary/aromatic N) is 1. The van der Waals surface area contributed by atoms with Gasteiger partial charge in [0.15, 0.2) is 0 Å². The molecule has 1 saturated heterocycles. The fourth-order valence-corrected chi connectivity index (χ4v) is 9.01. The molecular formula is C23H31NO3. The number of oxime groups is 1. The van der Waals surface area contributed by atoms with Crippen molar-refractivity contribution >= 4 is 11.7 Å². The number of hydrogen-bond acceptors (Lipinski definition) is 4. The van der Waals surface area contributed by atoms with Crippen LogP contribution in [0.4, 0.5) is 0 Å². The Labute approximate surface area is 161 Å². The molecule has 4 saturated carbocycles. The molecule has 1 spiro atoms. The number of fused-ring (bicyclic) bond motifs is 9. The molecule has 1 aliphatic heterocycles. The highest BCUT2D eigenvalue weighted by molar-refractivity contribution is 5.96. The summed E-state index contributed by atoms with van der Waals surface area (Å²) in [6.45, 7) is 4.93. The Balaban J connectivity index is 1.38. The lowest BCUT2D eigenvalue weighted by Gasteiger charge is -2.59. The SMILES string of the molecule is CC1CC2=C/C(=N/O)CC[C@@H]2C2CC[C@@]3(C)C(C4CC4[C@@]34CCC(=O)O4)C12. The van der Waals surface area contributed by atoms with Gasteiger partial charge in [0.05, 0.1) is 5.71 Å². The van der Waals surface area contributed by atoms with Gasteiger partial charge in [-0.3, -0.25) is 4.79 Å². The van der Waals surface area contributed by atoms with Crippen LogP contribution in [0.1, 0.15) is 65.2 Å². The lowest BCUT2D eigenvalue weighted by atomic mass is 9.47. The molecule has 0 radical (unpaired) electrons. The zero-order valence-electron chi connectivity index (χ0n) is 16.5. The molecule has 5 fully saturated rings. The lowest BCUT2D eigenvalue weighted by Crippen LogP contribution is -2.56. The second-order valence-corrected chi connectivity index (χ2v) is 10.7. The minimum Gasteiger partial charge on any atom is -0.458 e. The average molecular weight is 370 g/mol. The highest BCUT2D eigenvalue weighted by Crippen LogP contribution is 2.78. The third kappa shape index (κ3) is 1.90. The molecule has 27 heavy (non-hydrogen) atoms. The molecule has 4 nitrogen and oxygen atoms in total. The van der Waals surface area contributed by atoms with Gasteiger partial charge in [-0.05, 0) is 86.5 Å². The molecule has 0 aromatic rings. The molecule has 1 heterocycles. The molecule has 0 aromatic heterocycles. The minimum absolute atomic E-state index is 0.0506. The highest BCUT2D eigenvalue weighted by atomic mass is 16.6. The van der Waals surface area contributed by atoms with Crippen molar-refractivity contribution in [2.24, 2.45) is 52.0 Å². The Morgan fingerprint density at radius 3 is 2.81 bits per heavy atom. The predicted octanol–water partition coefficient (Wildman–Crippen LogP) is 4.57. The van der Waals surface area contributed by atoms with Gasteiger partial charge in [0.25, 0.3) is 0 Å².